The molecule has 0 fully saturated rings. The highest BCUT2D eigenvalue weighted by Crippen LogP contribution is 2.19. The second-order valence-corrected chi connectivity index (χ2v) is 5.70. The lowest BCUT2D eigenvalue weighted by atomic mass is 9.97. The molecule has 0 heterocycles. The predicted molar refractivity (Wildman–Crippen MR) is 60.6 cm³/mol. The summed E-state index contributed by atoms with van der Waals surface area (Å²) in [6, 6.07) is 5.64. The molecule has 0 radical (unpaired) electrons. The van der Waals surface area contributed by atoms with Gasteiger partial charge in [-0.05, 0) is 17.7 Å². The summed E-state index contributed by atoms with van der Waals surface area (Å²) in [7, 11) is -3.28. The summed E-state index contributed by atoms with van der Waals surface area (Å²) in [5.41, 5.74) is 0.495. The van der Waals surface area contributed by atoms with Crippen LogP contribution in [0.5, 0.6) is 0 Å². The summed E-state index contributed by atoms with van der Waals surface area (Å²) in [5, 5.41) is 8.61. The molecule has 1 N–H and O–H groups in total. The Morgan fingerprint density at radius 3 is 2.24 bits per heavy atom. The molecule has 0 saturated carbocycles. The molecule has 0 aromatic heterocycles. The lowest BCUT2D eigenvalue weighted by molar-refractivity contribution is -0.138. The maximum Gasteiger partial charge on any atom is 0.304 e. The van der Waals surface area contributed by atoms with Crippen LogP contribution < -0.4 is 0 Å². The van der Waals surface area contributed by atoms with E-state index in [1.165, 1.54) is 24.3 Å². The number of carbonyl (C=O) groups is 2. The zero-order chi connectivity index (χ0) is 13.1. The van der Waals surface area contributed by atoms with Crippen LogP contribution in [-0.4, -0.2) is 32.0 Å². The smallest absolute Gasteiger partial charge is 0.304 e. The Morgan fingerprint density at radius 1 is 1.35 bits per heavy atom. The number of carbonyl (C=O) groups excluding carboxylic acids is 1. The zero-order valence-electron chi connectivity index (χ0n) is 9.16. The van der Waals surface area contributed by atoms with Gasteiger partial charge in [-0.2, -0.15) is 0 Å². The van der Waals surface area contributed by atoms with Crippen molar-refractivity contribution in [2.24, 2.45) is 0 Å². The molecule has 1 unspecified atom stereocenters. The maximum atomic E-state index is 11.2. The third kappa shape index (κ3) is 3.67. The Hall–Kier alpha value is -1.69. The SMILES string of the molecule is CS(=O)(=O)c1ccc(C(C=O)CC(=O)O)cc1. The quantitative estimate of drug-likeness (QED) is 0.789. The molecule has 92 valence electrons. The molecule has 0 amide bonds. The Balaban J connectivity index is 3.01. The van der Waals surface area contributed by atoms with E-state index >= 15 is 0 Å². The Morgan fingerprint density at radius 2 is 1.88 bits per heavy atom. The number of sulfone groups is 1. The van der Waals surface area contributed by atoms with E-state index in [1.807, 2.05) is 0 Å². The van der Waals surface area contributed by atoms with Crippen LogP contribution in [0.25, 0.3) is 0 Å². The summed E-state index contributed by atoms with van der Waals surface area (Å²) >= 11 is 0. The maximum absolute atomic E-state index is 11.2. The molecular formula is C11H12O5S. The number of carboxylic acids is 1. The fraction of sp³-hybridized carbons (Fsp3) is 0.273. The number of hydrogen-bond donors (Lipinski definition) is 1. The number of benzene rings is 1. The van der Waals surface area contributed by atoms with Gasteiger partial charge in [-0.15, -0.1) is 0 Å². The normalized spacial score (nSPS) is 13.0. The fourth-order valence-electron chi connectivity index (χ4n) is 1.39. The summed E-state index contributed by atoms with van der Waals surface area (Å²) in [6.45, 7) is 0. The standard InChI is InChI=1S/C11H12O5S/c1-17(15,16)10-4-2-8(3-5-10)9(7-12)6-11(13)14/h2-5,7,9H,6H2,1H3,(H,13,14). The van der Waals surface area contributed by atoms with Gasteiger partial charge in [0.25, 0.3) is 0 Å². The summed E-state index contributed by atoms with van der Waals surface area (Å²) in [4.78, 5) is 21.4. The molecule has 1 atom stereocenters. The zero-order valence-corrected chi connectivity index (χ0v) is 9.98. The molecule has 0 saturated heterocycles. The minimum atomic E-state index is -3.28. The van der Waals surface area contributed by atoms with E-state index < -0.39 is 21.7 Å². The van der Waals surface area contributed by atoms with E-state index in [9.17, 15) is 18.0 Å². The van der Waals surface area contributed by atoms with E-state index in [0.29, 0.717) is 11.8 Å². The van der Waals surface area contributed by atoms with Crippen LogP contribution in [0.1, 0.15) is 17.9 Å². The second-order valence-electron chi connectivity index (χ2n) is 3.68. The van der Waals surface area contributed by atoms with E-state index in [1.54, 1.807) is 0 Å². The van der Waals surface area contributed by atoms with Crippen molar-refractivity contribution in [1.82, 2.24) is 0 Å². The molecular weight excluding hydrogens is 244 g/mol. The van der Waals surface area contributed by atoms with Crippen molar-refractivity contribution >= 4 is 22.1 Å². The minimum absolute atomic E-state index is 0.140. The van der Waals surface area contributed by atoms with Crippen molar-refractivity contribution in [2.75, 3.05) is 6.26 Å². The van der Waals surface area contributed by atoms with Crippen LogP contribution in [-0.2, 0) is 19.4 Å². The van der Waals surface area contributed by atoms with Crippen molar-refractivity contribution < 1.29 is 23.1 Å². The van der Waals surface area contributed by atoms with Gasteiger partial charge in [0, 0.05) is 6.26 Å². The van der Waals surface area contributed by atoms with Crippen molar-refractivity contribution in [3.8, 4) is 0 Å². The van der Waals surface area contributed by atoms with Gasteiger partial charge in [0.05, 0.1) is 17.2 Å². The Kier molecular flexibility index (Phi) is 4.01. The minimum Gasteiger partial charge on any atom is -0.481 e. The van der Waals surface area contributed by atoms with E-state index in [4.69, 9.17) is 5.11 Å². The fourth-order valence-corrected chi connectivity index (χ4v) is 2.03. The average Bonchev–Trinajstić information content (AvgIpc) is 2.24. The first-order chi connectivity index (χ1) is 7.84. The predicted octanol–water partition coefficient (Wildman–Crippen LogP) is 0.847. The molecule has 0 aliphatic rings. The molecule has 0 spiro atoms. The summed E-state index contributed by atoms with van der Waals surface area (Å²) in [5.74, 6) is -1.82. The summed E-state index contributed by atoms with van der Waals surface area (Å²) < 4.78 is 22.4. The molecule has 0 bridgehead atoms. The van der Waals surface area contributed by atoms with Crippen molar-refractivity contribution in [2.45, 2.75) is 17.2 Å². The van der Waals surface area contributed by atoms with Crippen LogP contribution in [0.2, 0.25) is 0 Å². The molecule has 1 aromatic carbocycles. The van der Waals surface area contributed by atoms with Crippen LogP contribution in [0.3, 0.4) is 0 Å². The van der Waals surface area contributed by atoms with Crippen molar-refractivity contribution in [1.29, 1.82) is 0 Å². The number of aldehydes is 1. The van der Waals surface area contributed by atoms with Gasteiger partial charge < -0.3 is 9.90 Å². The number of aliphatic carboxylic acids is 1. The third-order valence-electron chi connectivity index (χ3n) is 2.30. The van der Waals surface area contributed by atoms with Crippen LogP contribution >= 0.6 is 0 Å². The first kappa shape index (κ1) is 13.4. The lowest BCUT2D eigenvalue weighted by Crippen LogP contribution is -2.08. The number of carboxylic acid groups (broad SMARTS) is 1. The highest BCUT2D eigenvalue weighted by molar-refractivity contribution is 7.90. The van der Waals surface area contributed by atoms with Gasteiger partial charge in [-0.1, -0.05) is 12.1 Å². The van der Waals surface area contributed by atoms with Crippen molar-refractivity contribution in [3.63, 3.8) is 0 Å². The molecule has 1 aromatic rings. The van der Waals surface area contributed by atoms with Gasteiger partial charge >= 0.3 is 5.97 Å². The Bertz CT molecular complexity index is 515. The van der Waals surface area contributed by atoms with E-state index in [-0.39, 0.29) is 11.3 Å². The first-order valence-electron chi connectivity index (χ1n) is 4.81. The van der Waals surface area contributed by atoms with Crippen LogP contribution in [0, 0.1) is 0 Å². The first-order valence-corrected chi connectivity index (χ1v) is 6.71. The monoisotopic (exact) mass is 256 g/mol. The van der Waals surface area contributed by atoms with Gasteiger partial charge in [0.15, 0.2) is 9.84 Å². The molecule has 17 heavy (non-hydrogen) atoms. The van der Waals surface area contributed by atoms with Gasteiger partial charge in [-0.25, -0.2) is 8.42 Å². The average molecular weight is 256 g/mol. The number of hydrogen-bond acceptors (Lipinski definition) is 4. The van der Waals surface area contributed by atoms with E-state index in [2.05, 4.69) is 0 Å². The van der Waals surface area contributed by atoms with Crippen LogP contribution in [0.15, 0.2) is 29.2 Å². The van der Waals surface area contributed by atoms with Crippen molar-refractivity contribution in [3.05, 3.63) is 29.8 Å². The summed E-state index contributed by atoms with van der Waals surface area (Å²) in [6.07, 6.45) is 1.32. The lowest BCUT2D eigenvalue weighted by Gasteiger charge is -2.08. The molecule has 0 aliphatic carbocycles. The highest BCUT2D eigenvalue weighted by Gasteiger charge is 2.15. The molecule has 6 heteroatoms. The topological polar surface area (TPSA) is 88.5 Å². The Labute approximate surface area is 99.0 Å². The van der Waals surface area contributed by atoms with E-state index in [0.717, 1.165) is 6.26 Å². The van der Waals surface area contributed by atoms with Gasteiger partial charge in [0.1, 0.15) is 6.29 Å². The third-order valence-corrected chi connectivity index (χ3v) is 3.42. The van der Waals surface area contributed by atoms with Gasteiger partial charge in [-0.3, -0.25) is 4.79 Å². The van der Waals surface area contributed by atoms with Gasteiger partial charge in [0.2, 0.25) is 0 Å². The highest BCUT2D eigenvalue weighted by atomic mass is 32.2. The second kappa shape index (κ2) is 5.09. The largest absolute Gasteiger partial charge is 0.481 e. The molecule has 5 nitrogen and oxygen atoms in total. The molecule has 0 aliphatic heterocycles. The number of rotatable bonds is 5. The van der Waals surface area contributed by atoms with Crippen LogP contribution in [0.4, 0.5) is 0 Å². The molecule has 1 rings (SSSR count).